The predicted octanol–water partition coefficient (Wildman–Crippen LogP) is 2.76. The topological polar surface area (TPSA) is 63.9 Å². The van der Waals surface area contributed by atoms with Crippen LogP contribution in [0.25, 0.3) is 11.0 Å². The summed E-state index contributed by atoms with van der Waals surface area (Å²) in [7, 11) is 1.66. The number of aromatic amines is 1. The molecule has 1 heterocycles. The average molecular weight is 267 g/mol. The second-order valence-corrected chi connectivity index (χ2v) is 4.78. The van der Waals surface area contributed by atoms with Gasteiger partial charge in [-0.2, -0.15) is 0 Å². The van der Waals surface area contributed by atoms with Crippen LogP contribution in [-0.2, 0) is 11.3 Å². The van der Waals surface area contributed by atoms with Crippen molar-refractivity contribution in [3.8, 4) is 0 Å². The number of fused-ring (bicyclic) bond motifs is 1. The zero-order valence-corrected chi connectivity index (χ0v) is 11.3. The van der Waals surface area contributed by atoms with E-state index in [-0.39, 0.29) is 6.04 Å². The van der Waals surface area contributed by atoms with E-state index in [0.717, 1.165) is 28.0 Å². The number of hydrogen-bond acceptors (Lipinski definition) is 3. The van der Waals surface area contributed by atoms with Crippen LogP contribution >= 0.6 is 0 Å². The van der Waals surface area contributed by atoms with Crippen LogP contribution in [0.1, 0.15) is 23.0 Å². The number of ether oxygens (including phenoxy) is 1. The van der Waals surface area contributed by atoms with Gasteiger partial charge in [0.05, 0.1) is 17.1 Å². The van der Waals surface area contributed by atoms with Crippen molar-refractivity contribution in [1.29, 1.82) is 0 Å². The van der Waals surface area contributed by atoms with E-state index in [1.807, 2.05) is 42.5 Å². The van der Waals surface area contributed by atoms with Crippen molar-refractivity contribution in [3.63, 3.8) is 0 Å². The highest BCUT2D eigenvalue weighted by molar-refractivity contribution is 5.76. The summed E-state index contributed by atoms with van der Waals surface area (Å²) >= 11 is 0. The molecule has 3 N–H and O–H groups in total. The van der Waals surface area contributed by atoms with Gasteiger partial charge < -0.3 is 15.5 Å². The molecule has 0 spiro atoms. The van der Waals surface area contributed by atoms with Gasteiger partial charge in [0, 0.05) is 7.11 Å². The molecule has 4 nitrogen and oxygen atoms in total. The number of nitrogens with zero attached hydrogens (tertiary/aromatic N) is 1. The van der Waals surface area contributed by atoms with Gasteiger partial charge in [-0.25, -0.2) is 4.98 Å². The lowest BCUT2D eigenvalue weighted by Gasteiger charge is -2.12. The number of aromatic nitrogens is 2. The van der Waals surface area contributed by atoms with Crippen LogP contribution in [0.15, 0.2) is 48.5 Å². The molecule has 1 aromatic heterocycles. The Balaban J connectivity index is 1.96. The molecule has 0 aliphatic rings. The van der Waals surface area contributed by atoms with E-state index >= 15 is 0 Å². The smallest absolute Gasteiger partial charge is 0.133 e. The van der Waals surface area contributed by atoms with Crippen LogP contribution in [0, 0.1) is 0 Å². The van der Waals surface area contributed by atoms with E-state index in [4.69, 9.17) is 10.5 Å². The lowest BCUT2D eigenvalue weighted by atomic mass is 9.99. The van der Waals surface area contributed by atoms with Crippen LogP contribution in [0.4, 0.5) is 0 Å². The SMILES string of the molecule is COCc1nc2ccc(C(N)c3ccccc3)cc2[nH]1. The van der Waals surface area contributed by atoms with Crippen LogP contribution < -0.4 is 5.73 Å². The summed E-state index contributed by atoms with van der Waals surface area (Å²) in [6.07, 6.45) is 0. The third kappa shape index (κ3) is 2.43. The number of hydrogen-bond donors (Lipinski definition) is 2. The molecule has 1 unspecified atom stereocenters. The second-order valence-electron chi connectivity index (χ2n) is 4.78. The van der Waals surface area contributed by atoms with E-state index < -0.39 is 0 Å². The van der Waals surface area contributed by atoms with Crippen molar-refractivity contribution >= 4 is 11.0 Å². The molecular formula is C16H17N3O. The number of nitrogens with one attached hydrogen (secondary N) is 1. The summed E-state index contributed by atoms with van der Waals surface area (Å²) in [6.45, 7) is 0.481. The average Bonchev–Trinajstić information content (AvgIpc) is 2.89. The summed E-state index contributed by atoms with van der Waals surface area (Å²) in [5, 5.41) is 0. The Labute approximate surface area is 117 Å². The molecule has 4 heteroatoms. The zero-order valence-electron chi connectivity index (χ0n) is 11.3. The fraction of sp³-hybridized carbons (Fsp3) is 0.188. The minimum Gasteiger partial charge on any atom is -0.377 e. The molecule has 3 aromatic rings. The summed E-state index contributed by atoms with van der Waals surface area (Å²) in [5.74, 6) is 0.827. The molecule has 20 heavy (non-hydrogen) atoms. The number of H-pyrrole nitrogens is 1. The molecule has 2 aromatic carbocycles. The molecule has 3 rings (SSSR count). The van der Waals surface area contributed by atoms with Crippen LogP contribution in [0.3, 0.4) is 0 Å². The van der Waals surface area contributed by atoms with Crippen molar-refractivity contribution < 1.29 is 4.74 Å². The standard InChI is InChI=1S/C16H17N3O/c1-20-10-15-18-13-8-7-12(9-14(13)19-15)16(17)11-5-3-2-4-6-11/h2-9,16H,10,17H2,1H3,(H,18,19). The fourth-order valence-electron chi connectivity index (χ4n) is 2.33. The Bertz CT molecular complexity index is 706. The minimum absolute atomic E-state index is 0.130. The van der Waals surface area contributed by atoms with Gasteiger partial charge in [0.1, 0.15) is 12.4 Å². The van der Waals surface area contributed by atoms with E-state index in [9.17, 15) is 0 Å². The molecule has 102 valence electrons. The molecule has 0 aliphatic carbocycles. The lowest BCUT2D eigenvalue weighted by molar-refractivity contribution is 0.179. The molecule has 0 bridgehead atoms. The summed E-state index contributed by atoms with van der Waals surface area (Å²) < 4.78 is 5.09. The lowest BCUT2D eigenvalue weighted by Crippen LogP contribution is -2.11. The number of nitrogens with two attached hydrogens (primary N) is 1. The molecule has 1 atom stereocenters. The fourth-order valence-corrected chi connectivity index (χ4v) is 2.33. The highest BCUT2D eigenvalue weighted by atomic mass is 16.5. The highest BCUT2D eigenvalue weighted by Gasteiger charge is 2.10. The molecule has 0 saturated carbocycles. The monoisotopic (exact) mass is 267 g/mol. The summed E-state index contributed by atoms with van der Waals surface area (Å²) in [4.78, 5) is 7.71. The maximum Gasteiger partial charge on any atom is 0.133 e. The van der Waals surface area contributed by atoms with Crippen LogP contribution in [-0.4, -0.2) is 17.1 Å². The highest BCUT2D eigenvalue weighted by Crippen LogP contribution is 2.22. The summed E-state index contributed by atoms with van der Waals surface area (Å²) in [5.41, 5.74) is 10.4. The normalized spacial score (nSPS) is 12.7. The van der Waals surface area contributed by atoms with E-state index in [1.165, 1.54) is 0 Å². The van der Waals surface area contributed by atoms with E-state index in [0.29, 0.717) is 6.61 Å². The first-order valence-corrected chi connectivity index (χ1v) is 6.56. The van der Waals surface area contributed by atoms with Gasteiger partial charge in [0.25, 0.3) is 0 Å². The van der Waals surface area contributed by atoms with Crippen LogP contribution in [0.2, 0.25) is 0 Å². The molecule has 0 aliphatic heterocycles. The number of methoxy groups -OCH3 is 1. The van der Waals surface area contributed by atoms with E-state index in [2.05, 4.69) is 16.0 Å². The van der Waals surface area contributed by atoms with Gasteiger partial charge in [-0.1, -0.05) is 36.4 Å². The van der Waals surface area contributed by atoms with Crippen molar-refractivity contribution in [2.24, 2.45) is 5.73 Å². The quantitative estimate of drug-likeness (QED) is 0.764. The molecular weight excluding hydrogens is 250 g/mol. The van der Waals surface area contributed by atoms with Gasteiger partial charge in [-0.15, -0.1) is 0 Å². The molecule has 0 saturated heterocycles. The van der Waals surface area contributed by atoms with Gasteiger partial charge in [-0.3, -0.25) is 0 Å². The van der Waals surface area contributed by atoms with Gasteiger partial charge >= 0.3 is 0 Å². The third-order valence-electron chi connectivity index (χ3n) is 3.35. The van der Waals surface area contributed by atoms with Crippen molar-refractivity contribution in [1.82, 2.24) is 9.97 Å². The Morgan fingerprint density at radius 1 is 1.15 bits per heavy atom. The van der Waals surface area contributed by atoms with Gasteiger partial charge in [0.15, 0.2) is 0 Å². The Kier molecular flexibility index (Phi) is 3.50. The second kappa shape index (κ2) is 5.45. The Hall–Kier alpha value is -2.17. The third-order valence-corrected chi connectivity index (χ3v) is 3.35. The number of benzene rings is 2. The molecule has 0 radical (unpaired) electrons. The Morgan fingerprint density at radius 2 is 1.95 bits per heavy atom. The summed E-state index contributed by atoms with van der Waals surface area (Å²) in [6, 6.07) is 16.0. The van der Waals surface area contributed by atoms with Crippen LogP contribution in [0.5, 0.6) is 0 Å². The van der Waals surface area contributed by atoms with E-state index in [1.54, 1.807) is 7.11 Å². The zero-order chi connectivity index (χ0) is 13.9. The number of rotatable bonds is 4. The first-order valence-electron chi connectivity index (χ1n) is 6.56. The maximum absolute atomic E-state index is 6.31. The van der Waals surface area contributed by atoms with Gasteiger partial charge in [-0.05, 0) is 23.3 Å². The minimum atomic E-state index is -0.130. The molecule has 0 amide bonds. The first-order chi connectivity index (χ1) is 9.78. The van der Waals surface area contributed by atoms with Gasteiger partial charge in [0.2, 0.25) is 0 Å². The maximum atomic E-state index is 6.31. The molecule has 0 fully saturated rings. The Morgan fingerprint density at radius 3 is 2.70 bits per heavy atom. The largest absolute Gasteiger partial charge is 0.377 e. The van der Waals surface area contributed by atoms with Crippen molar-refractivity contribution in [2.45, 2.75) is 12.6 Å². The first kappa shape index (κ1) is 12.8. The number of imidazole rings is 1. The van der Waals surface area contributed by atoms with Crippen molar-refractivity contribution in [3.05, 3.63) is 65.5 Å². The van der Waals surface area contributed by atoms with Crippen molar-refractivity contribution in [2.75, 3.05) is 7.11 Å². The predicted molar refractivity (Wildman–Crippen MR) is 79.3 cm³/mol.